The highest BCUT2D eigenvalue weighted by Crippen LogP contribution is 2.12. The average Bonchev–Trinajstić information content (AvgIpc) is 3.05. The van der Waals surface area contributed by atoms with Gasteiger partial charge in [0.05, 0.1) is 0 Å². The predicted octanol–water partition coefficient (Wildman–Crippen LogP) is 2.28. The summed E-state index contributed by atoms with van der Waals surface area (Å²) in [5.74, 6) is 0.175. The van der Waals surface area contributed by atoms with Crippen molar-refractivity contribution >= 4 is 17.2 Å². The highest BCUT2D eigenvalue weighted by Gasteiger charge is 2.18. The van der Waals surface area contributed by atoms with E-state index in [4.69, 9.17) is 0 Å². The van der Waals surface area contributed by atoms with Crippen LogP contribution < -0.4 is 5.32 Å². The molecular weight excluding hydrogens is 244 g/mol. The summed E-state index contributed by atoms with van der Waals surface area (Å²) in [6.45, 7) is 5.35. The van der Waals surface area contributed by atoms with Crippen molar-refractivity contribution in [3.05, 3.63) is 22.4 Å². The molecule has 0 aliphatic carbocycles. The molecule has 0 radical (unpaired) electrons. The Bertz CT molecular complexity index is 358. The van der Waals surface area contributed by atoms with Crippen LogP contribution in [0.3, 0.4) is 0 Å². The maximum Gasteiger partial charge on any atom is 0.220 e. The third kappa shape index (κ3) is 4.10. The molecule has 2 rings (SSSR count). The molecule has 0 saturated carbocycles. The van der Waals surface area contributed by atoms with Crippen molar-refractivity contribution in [2.45, 2.75) is 38.6 Å². The molecule has 1 aliphatic heterocycles. The number of hydrogen-bond acceptors (Lipinski definition) is 3. The molecule has 0 spiro atoms. The molecule has 1 fully saturated rings. The molecule has 0 bridgehead atoms. The molecule has 0 aromatic carbocycles. The van der Waals surface area contributed by atoms with Gasteiger partial charge in [-0.3, -0.25) is 9.69 Å². The van der Waals surface area contributed by atoms with E-state index in [2.05, 4.69) is 28.6 Å². The molecule has 4 heteroatoms. The Morgan fingerprint density at radius 3 is 2.94 bits per heavy atom. The first-order chi connectivity index (χ1) is 8.75. The Labute approximate surface area is 113 Å². The van der Waals surface area contributed by atoms with Gasteiger partial charge in [0.1, 0.15) is 0 Å². The minimum absolute atomic E-state index is 0.175. The van der Waals surface area contributed by atoms with E-state index in [9.17, 15) is 4.79 Å². The maximum atomic E-state index is 11.7. The van der Waals surface area contributed by atoms with E-state index in [1.54, 1.807) is 11.3 Å². The molecule has 1 N–H and O–H groups in total. The smallest absolute Gasteiger partial charge is 0.220 e. The van der Waals surface area contributed by atoms with Gasteiger partial charge in [-0.15, -0.1) is 11.3 Å². The molecule has 1 aliphatic rings. The highest BCUT2D eigenvalue weighted by atomic mass is 32.1. The van der Waals surface area contributed by atoms with Gasteiger partial charge >= 0.3 is 0 Å². The first-order valence-corrected chi connectivity index (χ1v) is 7.67. The second kappa shape index (κ2) is 6.90. The third-order valence-electron chi connectivity index (χ3n) is 3.54. The lowest BCUT2D eigenvalue weighted by atomic mass is 10.2. The van der Waals surface area contributed by atoms with Gasteiger partial charge in [0.2, 0.25) is 5.91 Å². The van der Waals surface area contributed by atoms with Crippen LogP contribution in [0.15, 0.2) is 17.5 Å². The van der Waals surface area contributed by atoms with Gasteiger partial charge in [0.15, 0.2) is 0 Å². The Kier molecular flexibility index (Phi) is 5.20. The zero-order valence-corrected chi connectivity index (χ0v) is 11.8. The van der Waals surface area contributed by atoms with Gasteiger partial charge in [-0.05, 0) is 50.7 Å². The number of aryl methyl sites for hydroxylation is 1. The number of likely N-dealkylation sites (tertiary alicyclic amines) is 1. The quantitative estimate of drug-likeness (QED) is 0.857. The highest BCUT2D eigenvalue weighted by molar-refractivity contribution is 7.09. The van der Waals surface area contributed by atoms with E-state index in [0.29, 0.717) is 12.5 Å². The Balaban J connectivity index is 1.62. The van der Waals surface area contributed by atoms with Gasteiger partial charge in [-0.2, -0.15) is 0 Å². The van der Waals surface area contributed by atoms with Crippen molar-refractivity contribution < 1.29 is 4.79 Å². The van der Waals surface area contributed by atoms with Crippen LogP contribution in [-0.2, 0) is 11.2 Å². The number of amides is 1. The monoisotopic (exact) mass is 266 g/mol. The van der Waals surface area contributed by atoms with Crippen LogP contribution in [0.1, 0.15) is 31.1 Å². The minimum atomic E-state index is 0.175. The molecule has 1 amide bonds. The number of nitrogens with one attached hydrogen (secondary N) is 1. The zero-order chi connectivity index (χ0) is 12.8. The van der Waals surface area contributed by atoms with E-state index in [-0.39, 0.29) is 5.91 Å². The van der Waals surface area contributed by atoms with E-state index >= 15 is 0 Å². The van der Waals surface area contributed by atoms with E-state index < -0.39 is 0 Å². The van der Waals surface area contributed by atoms with Gasteiger partial charge in [-0.1, -0.05) is 6.07 Å². The van der Waals surface area contributed by atoms with Crippen molar-refractivity contribution in [2.75, 3.05) is 19.6 Å². The maximum absolute atomic E-state index is 11.7. The minimum Gasteiger partial charge on any atom is -0.355 e. The molecule has 0 unspecified atom stereocenters. The number of hydrogen-bond donors (Lipinski definition) is 1. The summed E-state index contributed by atoms with van der Waals surface area (Å²) in [4.78, 5) is 15.5. The SMILES string of the molecule is C[C@H](CNC(=O)CCc1cccs1)N1CCCC1. The number of thiophene rings is 1. The van der Waals surface area contributed by atoms with Gasteiger partial charge in [0.25, 0.3) is 0 Å². The predicted molar refractivity (Wildman–Crippen MR) is 75.9 cm³/mol. The van der Waals surface area contributed by atoms with Gasteiger partial charge < -0.3 is 5.32 Å². The first kappa shape index (κ1) is 13.6. The summed E-state index contributed by atoms with van der Waals surface area (Å²) in [5.41, 5.74) is 0. The fourth-order valence-electron chi connectivity index (χ4n) is 2.35. The lowest BCUT2D eigenvalue weighted by Gasteiger charge is -2.23. The lowest BCUT2D eigenvalue weighted by Crippen LogP contribution is -2.40. The summed E-state index contributed by atoms with van der Waals surface area (Å²) >= 11 is 1.72. The number of rotatable bonds is 6. The number of carbonyl (C=O) groups is 1. The van der Waals surface area contributed by atoms with Crippen LogP contribution in [0.4, 0.5) is 0 Å². The summed E-state index contributed by atoms with van der Waals surface area (Å²) in [5, 5.41) is 5.10. The van der Waals surface area contributed by atoms with E-state index in [0.717, 1.165) is 13.0 Å². The topological polar surface area (TPSA) is 32.3 Å². The molecule has 1 saturated heterocycles. The van der Waals surface area contributed by atoms with Crippen LogP contribution >= 0.6 is 11.3 Å². The summed E-state index contributed by atoms with van der Waals surface area (Å²) in [6.07, 6.45) is 4.07. The molecule has 1 aromatic heterocycles. The largest absolute Gasteiger partial charge is 0.355 e. The number of nitrogens with zero attached hydrogens (tertiary/aromatic N) is 1. The van der Waals surface area contributed by atoms with Crippen molar-refractivity contribution in [3.63, 3.8) is 0 Å². The molecule has 1 atom stereocenters. The fraction of sp³-hybridized carbons (Fsp3) is 0.643. The summed E-state index contributed by atoms with van der Waals surface area (Å²) in [7, 11) is 0. The molecule has 18 heavy (non-hydrogen) atoms. The summed E-state index contributed by atoms with van der Waals surface area (Å²) in [6, 6.07) is 4.59. The molecule has 2 heterocycles. The second-order valence-electron chi connectivity index (χ2n) is 4.98. The Morgan fingerprint density at radius 2 is 2.28 bits per heavy atom. The first-order valence-electron chi connectivity index (χ1n) is 6.79. The molecular formula is C14H22N2OS. The van der Waals surface area contributed by atoms with Crippen molar-refractivity contribution in [2.24, 2.45) is 0 Å². The lowest BCUT2D eigenvalue weighted by molar-refractivity contribution is -0.121. The average molecular weight is 266 g/mol. The van der Waals surface area contributed by atoms with Crippen molar-refractivity contribution in [3.8, 4) is 0 Å². The molecule has 3 nitrogen and oxygen atoms in total. The van der Waals surface area contributed by atoms with Crippen LogP contribution in [-0.4, -0.2) is 36.5 Å². The molecule has 100 valence electrons. The van der Waals surface area contributed by atoms with Gasteiger partial charge in [0, 0.05) is 23.9 Å². The van der Waals surface area contributed by atoms with Crippen LogP contribution in [0.5, 0.6) is 0 Å². The van der Waals surface area contributed by atoms with Crippen LogP contribution in [0.25, 0.3) is 0 Å². The standard InChI is InChI=1S/C14H22N2OS/c1-12(16-8-2-3-9-16)11-15-14(17)7-6-13-5-4-10-18-13/h4-5,10,12H,2-3,6-9,11H2,1H3,(H,15,17)/t12-/m1/s1. The Hall–Kier alpha value is -0.870. The fourth-order valence-corrected chi connectivity index (χ4v) is 3.06. The van der Waals surface area contributed by atoms with Crippen molar-refractivity contribution in [1.82, 2.24) is 10.2 Å². The number of carbonyl (C=O) groups excluding carboxylic acids is 1. The third-order valence-corrected chi connectivity index (χ3v) is 4.47. The van der Waals surface area contributed by atoms with E-state index in [1.165, 1.54) is 30.8 Å². The van der Waals surface area contributed by atoms with Crippen LogP contribution in [0.2, 0.25) is 0 Å². The zero-order valence-electron chi connectivity index (χ0n) is 11.0. The van der Waals surface area contributed by atoms with Gasteiger partial charge in [-0.25, -0.2) is 0 Å². The van der Waals surface area contributed by atoms with Crippen molar-refractivity contribution in [1.29, 1.82) is 0 Å². The summed E-state index contributed by atoms with van der Waals surface area (Å²) < 4.78 is 0. The van der Waals surface area contributed by atoms with E-state index in [1.807, 2.05) is 6.07 Å². The second-order valence-corrected chi connectivity index (χ2v) is 6.01. The normalized spacial score (nSPS) is 17.8. The molecule has 1 aromatic rings. The Morgan fingerprint density at radius 1 is 1.50 bits per heavy atom. The van der Waals surface area contributed by atoms with Crippen LogP contribution in [0, 0.1) is 0 Å².